The molecule has 3 aromatic rings. The first-order valence-corrected chi connectivity index (χ1v) is 12.5. The first-order chi connectivity index (χ1) is 16.8. The number of rotatable bonds is 12. The Morgan fingerprint density at radius 2 is 1.71 bits per heavy atom. The lowest BCUT2D eigenvalue weighted by molar-refractivity contribution is -0.131. The number of fused-ring (bicyclic) bond motifs is 1. The Labute approximate surface area is 204 Å². The summed E-state index contributed by atoms with van der Waals surface area (Å²) in [4.78, 5) is 47.1. The summed E-state index contributed by atoms with van der Waals surface area (Å²) < 4.78 is 16.7. The van der Waals surface area contributed by atoms with Crippen LogP contribution < -0.4 is 11.2 Å². The summed E-state index contributed by atoms with van der Waals surface area (Å²) in [6.45, 7) is 7.13. The van der Waals surface area contributed by atoms with Gasteiger partial charge in [-0.15, -0.1) is 0 Å². The quantitative estimate of drug-likeness (QED) is 0.390. The molecule has 0 aliphatic rings. The van der Waals surface area contributed by atoms with Crippen LogP contribution in [0.2, 0.25) is 0 Å². The molecule has 0 fully saturated rings. The highest BCUT2D eigenvalue weighted by Gasteiger charge is 2.21. The molecule has 35 heavy (non-hydrogen) atoms. The van der Waals surface area contributed by atoms with Gasteiger partial charge in [0, 0.05) is 33.0 Å². The van der Waals surface area contributed by atoms with Gasteiger partial charge in [-0.1, -0.05) is 45.2 Å². The zero-order valence-electron chi connectivity index (χ0n) is 21.1. The van der Waals surface area contributed by atoms with Crippen molar-refractivity contribution in [2.75, 3.05) is 7.05 Å². The number of nitrogens with zero attached hydrogens (tertiary/aromatic N) is 4. The molecular formula is C26H36FN5O3. The zero-order valence-corrected chi connectivity index (χ0v) is 21.1. The first kappa shape index (κ1) is 26.4. The van der Waals surface area contributed by atoms with Crippen LogP contribution in [0, 0.1) is 5.82 Å². The highest BCUT2D eigenvalue weighted by molar-refractivity contribution is 5.77. The Balaban J connectivity index is 1.88. The molecule has 0 bridgehead atoms. The van der Waals surface area contributed by atoms with Gasteiger partial charge in [-0.2, -0.15) is 0 Å². The van der Waals surface area contributed by atoms with Crippen molar-refractivity contribution in [2.45, 2.75) is 84.8 Å². The molecule has 1 amide bonds. The maximum absolute atomic E-state index is 13.3. The number of H-pyrrole nitrogens is 1. The van der Waals surface area contributed by atoms with Gasteiger partial charge in [-0.05, 0) is 37.5 Å². The van der Waals surface area contributed by atoms with Crippen LogP contribution in [0.5, 0.6) is 0 Å². The molecule has 9 heteroatoms. The third-order valence-electron chi connectivity index (χ3n) is 6.57. The van der Waals surface area contributed by atoms with Crippen LogP contribution in [0.15, 0.2) is 33.9 Å². The standard InChI is InChI=1S/C26H36FN5O3/c1-5-7-9-17-31-21(28-24-23(31)25(34)29-26(35)32(24)16-8-6-2)14-15-22(33)30(4)18(3)19-10-12-20(27)13-11-19/h10-13,18H,5-9,14-17H2,1-4H3,(H,29,34,35). The molecule has 0 saturated carbocycles. The fourth-order valence-corrected chi connectivity index (χ4v) is 4.27. The lowest BCUT2D eigenvalue weighted by atomic mass is 10.1. The summed E-state index contributed by atoms with van der Waals surface area (Å²) >= 11 is 0. The molecule has 1 aromatic carbocycles. The van der Waals surface area contributed by atoms with Crippen molar-refractivity contribution in [3.63, 3.8) is 0 Å². The van der Waals surface area contributed by atoms with E-state index < -0.39 is 11.2 Å². The second kappa shape index (κ2) is 12.0. The monoisotopic (exact) mass is 485 g/mol. The topological polar surface area (TPSA) is 93.0 Å². The second-order valence-corrected chi connectivity index (χ2v) is 9.06. The molecule has 8 nitrogen and oxygen atoms in total. The van der Waals surface area contributed by atoms with Crippen LogP contribution in [-0.2, 0) is 24.3 Å². The number of amides is 1. The lowest BCUT2D eigenvalue weighted by Gasteiger charge is -2.25. The largest absolute Gasteiger partial charge is 0.339 e. The fraction of sp³-hybridized carbons (Fsp3) is 0.538. The Morgan fingerprint density at radius 1 is 1.06 bits per heavy atom. The summed E-state index contributed by atoms with van der Waals surface area (Å²) in [6, 6.07) is 5.92. The summed E-state index contributed by atoms with van der Waals surface area (Å²) in [5.74, 6) is 0.240. The molecule has 1 unspecified atom stereocenters. The lowest BCUT2D eigenvalue weighted by Crippen LogP contribution is -2.31. The Hall–Kier alpha value is -3.23. The summed E-state index contributed by atoms with van der Waals surface area (Å²) in [6.07, 6.45) is 5.16. The van der Waals surface area contributed by atoms with Gasteiger partial charge in [-0.3, -0.25) is 19.1 Å². The van der Waals surface area contributed by atoms with Crippen molar-refractivity contribution in [3.8, 4) is 0 Å². The number of carbonyl (C=O) groups excluding carboxylic acids is 1. The third kappa shape index (κ3) is 6.07. The van der Waals surface area contributed by atoms with Gasteiger partial charge < -0.3 is 9.47 Å². The van der Waals surface area contributed by atoms with Crippen LogP contribution in [0.4, 0.5) is 4.39 Å². The minimum Gasteiger partial charge on any atom is -0.339 e. The number of aromatic nitrogens is 4. The van der Waals surface area contributed by atoms with Crippen LogP contribution in [-0.4, -0.2) is 37.0 Å². The summed E-state index contributed by atoms with van der Waals surface area (Å²) in [5, 5.41) is 0. The van der Waals surface area contributed by atoms with Crippen molar-refractivity contribution in [1.82, 2.24) is 24.0 Å². The number of unbranched alkanes of at least 4 members (excludes halogenated alkanes) is 3. The number of imidazole rings is 1. The molecule has 0 aliphatic heterocycles. The van der Waals surface area contributed by atoms with Crippen molar-refractivity contribution < 1.29 is 9.18 Å². The van der Waals surface area contributed by atoms with E-state index in [9.17, 15) is 18.8 Å². The van der Waals surface area contributed by atoms with Gasteiger partial charge in [0.2, 0.25) is 5.91 Å². The predicted octanol–water partition coefficient (Wildman–Crippen LogP) is 4.17. The first-order valence-electron chi connectivity index (χ1n) is 12.5. The third-order valence-corrected chi connectivity index (χ3v) is 6.57. The van der Waals surface area contributed by atoms with Gasteiger partial charge in [0.25, 0.3) is 5.56 Å². The molecule has 0 radical (unpaired) electrons. The van der Waals surface area contributed by atoms with Crippen LogP contribution in [0.1, 0.15) is 76.7 Å². The highest BCUT2D eigenvalue weighted by atomic mass is 19.1. The average molecular weight is 486 g/mol. The number of carbonyl (C=O) groups is 1. The number of hydrogen-bond acceptors (Lipinski definition) is 4. The molecule has 1 N–H and O–H groups in total. The number of hydrogen-bond donors (Lipinski definition) is 1. The molecule has 0 spiro atoms. The highest BCUT2D eigenvalue weighted by Crippen LogP contribution is 2.21. The summed E-state index contributed by atoms with van der Waals surface area (Å²) in [5.41, 5.74) is 0.734. The minimum atomic E-state index is -0.454. The van der Waals surface area contributed by atoms with E-state index in [1.54, 1.807) is 24.1 Å². The van der Waals surface area contributed by atoms with Gasteiger partial charge in [0.15, 0.2) is 11.2 Å². The Bertz CT molecular complexity index is 1260. The van der Waals surface area contributed by atoms with E-state index in [0.717, 1.165) is 37.7 Å². The van der Waals surface area contributed by atoms with Crippen molar-refractivity contribution >= 4 is 17.1 Å². The van der Waals surface area contributed by atoms with Crippen LogP contribution in [0.25, 0.3) is 11.2 Å². The number of benzene rings is 1. The van der Waals surface area contributed by atoms with E-state index in [1.165, 1.54) is 16.7 Å². The fourth-order valence-electron chi connectivity index (χ4n) is 4.27. The molecule has 2 aromatic heterocycles. The second-order valence-electron chi connectivity index (χ2n) is 9.06. The molecule has 3 rings (SSSR count). The minimum absolute atomic E-state index is 0.0775. The van der Waals surface area contributed by atoms with Gasteiger partial charge in [-0.25, -0.2) is 14.2 Å². The van der Waals surface area contributed by atoms with Gasteiger partial charge >= 0.3 is 5.69 Å². The number of halogens is 1. The molecule has 2 heterocycles. The van der Waals surface area contributed by atoms with E-state index in [2.05, 4.69) is 11.9 Å². The van der Waals surface area contributed by atoms with Crippen molar-refractivity contribution in [3.05, 3.63) is 62.3 Å². The van der Waals surface area contributed by atoms with E-state index in [1.807, 2.05) is 18.4 Å². The van der Waals surface area contributed by atoms with Crippen molar-refractivity contribution in [1.29, 1.82) is 0 Å². The molecule has 0 saturated heterocycles. The van der Waals surface area contributed by atoms with E-state index >= 15 is 0 Å². The molecule has 0 aliphatic carbocycles. The van der Waals surface area contributed by atoms with Crippen molar-refractivity contribution in [2.24, 2.45) is 0 Å². The van der Waals surface area contributed by atoms with E-state index in [-0.39, 0.29) is 24.2 Å². The smallest absolute Gasteiger partial charge is 0.330 e. The number of nitrogens with one attached hydrogen (secondary N) is 1. The maximum atomic E-state index is 13.3. The Morgan fingerprint density at radius 3 is 2.37 bits per heavy atom. The number of aryl methyl sites for hydroxylation is 3. The Kier molecular flexibility index (Phi) is 9.01. The number of aromatic amines is 1. The normalized spacial score (nSPS) is 12.3. The predicted molar refractivity (Wildman–Crippen MR) is 135 cm³/mol. The zero-order chi connectivity index (χ0) is 25.5. The maximum Gasteiger partial charge on any atom is 0.330 e. The van der Waals surface area contributed by atoms with Crippen LogP contribution >= 0.6 is 0 Å². The van der Waals surface area contributed by atoms with E-state index in [0.29, 0.717) is 36.5 Å². The van der Waals surface area contributed by atoms with E-state index in [4.69, 9.17) is 4.98 Å². The SMILES string of the molecule is CCCCCn1c(CCC(=O)N(C)C(C)c2ccc(F)cc2)nc2c1c(=O)[nH]c(=O)n2CCCC. The molecule has 1 atom stereocenters. The van der Waals surface area contributed by atoms with Gasteiger partial charge in [0.05, 0.1) is 6.04 Å². The average Bonchev–Trinajstić information content (AvgIpc) is 3.20. The molecule has 190 valence electrons. The summed E-state index contributed by atoms with van der Waals surface area (Å²) in [7, 11) is 1.73. The van der Waals surface area contributed by atoms with Crippen LogP contribution in [0.3, 0.4) is 0 Å². The molecular weight excluding hydrogens is 449 g/mol. The van der Waals surface area contributed by atoms with Gasteiger partial charge in [0.1, 0.15) is 11.6 Å².